The van der Waals surface area contributed by atoms with Crippen LogP contribution in [0.3, 0.4) is 0 Å². The fourth-order valence-electron chi connectivity index (χ4n) is 2.35. The molecule has 0 spiro atoms. The lowest BCUT2D eigenvalue weighted by Gasteiger charge is -2.14. The van der Waals surface area contributed by atoms with Crippen molar-refractivity contribution in [1.29, 1.82) is 0 Å². The maximum atomic E-state index is 5.85. The van der Waals surface area contributed by atoms with Crippen molar-refractivity contribution in [2.24, 2.45) is 0 Å². The molecule has 0 heterocycles. The van der Waals surface area contributed by atoms with Gasteiger partial charge in [0.05, 0.1) is 6.10 Å². The van der Waals surface area contributed by atoms with Gasteiger partial charge in [-0.25, -0.2) is 0 Å². The molecule has 0 saturated carbocycles. The molecule has 0 aromatic heterocycles. The van der Waals surface area contributed by atoms with Gasteiger partial charge in [-0.2, -0.15) is 0 Å². The molecule has 0 aliphatic carbocycles. The quantitative estimate of drug-likeness (QED) is 0.561. The Morgan fingerprint density at radius 2 is 1.83 bits per heavy atom. The van der Waals surface area contributed by atoms with E-state index in [0.29, 0.717) is 11.7 Å². The summed E-state index contributed by atoms with van der Waals surface area (Å²) in [7, 11) is 0. The van der Waals surface area contributed by atoms with Crippen LogP contribution in [0.1, 0.15) is 36.1 Å². The van der Waals surface area contributed by atoms with Crippen LogP contribution < -0.4 is 10.6 Å². The van der Waals surface area contributed by atoms with E-state index in [1.807, 2.05) is 24.3 Å². The number of anilines is 1. The van der Waals surface area contributed by atoms with Gasteiger partial charge in [0.15, 0.2) is 5.11 Å². The van der Waals surface area contributed by atoms with Crippen molar-refractivity contribution >= 4 is 23.0 Å². The molecule has 0 fully saturated rings. The number of ether oxygens (including phenoxy) is 1. The highest BCUT2D eigenvalue weighted by Crippen LogP contribution is 2.16. The summed E-state index contributed by atoms with van der Waals surface area (Å²) >= 11 is 5.33. The number of hydrogen-bond donors (Lipinski definition) is 2. The maximum absolute atomic E-state index is 5.85. The van der Waals surface area contributed by atoms with Crippen LogP contribution >= 0.6 is 12.2 Å². The summed E-state index contributed by atoms with van der Waals surface area (Å²) in [5.41, 5.74) is 4.76. The van der Waals surface area contributed by atoms with Crippen LogP contribution in [0.25, 0.3) is 0 Å². The molecule has 0 bridgehead atoms. The van der Waals surface area contributed by atoms with Gasteiger partial charge < -0.3 is 15.4 Å². The van der Waals surface area contributed by atoms with Crippen LogP contribution in [0.15, 0.2) is 48.5 Å². The summed E-state index contributed by atoms with van der Waals surface area (Å²) < 4.78 is 5.85. The van der Waals surface area contributed by atoms with Gasteiger partial charge in [-0.3, -0.25) is 0 Å². The zero-order chi connectivity index (χ0) is 17.4. The van der Waals surface area contributed by atoms with E-state index in [2.05, 4.69) is 55.7 Å². The standard InChI is InChI=1S/C20H26N2OS/c1-15-10-11-19(14-16(15)2)22-20(24)21-12-7-13-23-17(3)18-8-5-4-6-9-18/h4-6,8-11,14,17H,7,12-13H2,1-3H3,(H2,21,22,24)/t17-/m1/s1. The Labute approximate surface area is 150 Å². The van der Waals surface area contributed by atoms with Crippen molar-refractivity contribution in [2.45, 2.75) is 33.3 Å². The fraction of sp³-hybridized carbons (Fsp3) is 0.350. The highest BCUT2D eigenvalue weighted by Gasteiger charge is 2.04. The van der Waals surface area contributed by atoms with Gasteiger partial charge in [0, 0.05) is 18.8 Å². The number of hydrogen-bond acceptors (Lipinski definition) is 2. The molecule has 0 aliphatic heterocycles. The Morgan fingerprint density at radius 1 is 1.08 bits per heavy atom. The van der Waals surface area contributed by atoms with E-state index in [1.54, 1.807) is 0 Å². The first kappa shape index (κ1) is 18.4. The summed E-state index contributed by atoms with van der Waals surface area (Å²) in [4.78, 5) is 0. The average molecular weight is 343 g/mol. The summed E-state index contributed by atoms with van der Waals surface area (Å²) in [5, 5.41) is 7.08. The van der Waals surface area contributed by atoms with Crippen LogP contribution in [0.4, 0.5) is 5.69 Å². The Morgan fingerprint density at radius 3 is 2.54 bits per heavy atom. The molecule has 1 atom stereocenters. The molecular weight excluding hydrogens is 316 g/mol. The van der Waals surface area contributed by atoms with Gasteiger partial charge in [-0.1, -0.05) is 36.4 Å². The predicted molar refractivity (Wildman–Crippen MR) is 106 cm³/mol. The van der Waals surface area contributed by atoms with Crippen LogP contribution in [0, 0.1) is 13.8 Å². The fourth-order valence-corrected chi connectivity index (χ4v) is 2.57. The average Bonchev–Trinajstić information content (AvgIpc) is 2.58. The van der Waals surface area contributed by atoms with E-state index < -0.39 is 0 Å². The van der Waals surface area contributed by atoms with Gasteiger partial charge in [-0.15, -0.1) is 0 Å². The zero-order valence-electron chi connectivity index (χ0n) is 14.6. The zero-order valence-corrected chi connectivity index (χ0v) is 15.5. The van der Waals surface area contributed by atoms with E-state index in [9.17, 15) is 0 Å². The van der Waals surface area contributed by atoms with Gasteiger partial charge in [0.1, 0.15) is 0 Å². The van der Waals surface area contributed by atoms with E-state index in [1.165, 1.54) is 16.7 Å². The lowest BCUT2D eigenvalue weighted by molar-refractivity contribution is 0.0646. The number of benzene rings is 2. The minimum atomic E-state index is 0.117. The second-order valence-corrected chi connectivity index (χ2v) is 6.37. The van der Waals surface area contributed by atoms with Crippen LogP contribution in [-0.4, -0.2) is 18.3 Å². The number of thiocarbonyl (C=S) groups is 1. The second kappa shape index (κ2) is 9.40. The van der Waals surface area contributed by atoms with E-state index in [0.717, 1.165) is 18.7 Å². The Balaban J connectivity index is 1.63. The third-order valence-electron chi connectivity index (χ3n) is 4.01. The first-order valence-corrected chi connectivity index (χ1v) is 8.76. The topological polar surface area (TPSA) is 33.3 Å². The minimum Gasteiger partial charge on any atom is -0.374 e. The van der Waals surface area contributed by atoms with E-state index >= 15 is 0 Å². The minimum absolute atomic E-state index is 0.117. The molecule has 4 heteroatoms. The van der Waals surface area contributed by atoms with Crippen LogP contribution in [0.2, 0.25) is 0 Å². The molecule has 24 heavy (non-hydrogen) atoms. The first-order chi connectivity index (χ1) is 11.6. The second-order valence-electron chi connectivity index (χ2n) is 5.96. The van der Waals surface area contributed by atoms with Gasteiger partial charge in [-0.05, 0) is 68.2 Å². The molecule has 0 saturated heterocycles. The summed E-state index contributed by atoms with van der Waals surface area (Å²) in [6.07, 6.45) is 1.03. The molecule has 0 aliphatic rings. The summed E-state index contributed by atoms with van der Waals surface area (Å²) in [5.74, 6) is 0. The largest absolute Gasteiger partial charge is 0.374 e. The molecule has 0 amide bonds. The lowest BCUT2D eigenvalue weighted by atomic mass is 10.1. The smallest absolute Gasteiger partial charge is 0.170 e. The first-order valence-electron chi connectivity index (χ1n) is 8.35. The van der Waals surface area contributed by atoms with Crippen molar-refractivity contribution in [3.8, 4) is 0 Å². The normalized spacial score (nSPS) is 11.8. The van der Waals surface area contributed by atoms with Crippen molar-refractivity contribution in [2.75, 3.05) is 18.5 Å². The maximum Gasteiger partial charge on any atom is 0.170 e. The predicted octanol–water partition coefficient (Wildman–Crippen LogP) is 4.76. The van der Waals surface area contributed by atoms with E-state index in [-0.39, 0.29) is 6.10 Å². The molecule has 128 valence electrons. The summed E-state index contributed by atoms with van der Waals surface area (Å²) in [6.45, 7) is 7.77. The van der Waals surface area contributed by atoms with Crippen molar-refractivity contribution in [1.82, 2.24) is 5.32 Å². The van der Waals surface area contributed by atoms with Crippen molar-refractivity contribution < 1.29 is 4.74 Å². The number of nitrogens with one attached hydrogen (secondary N) is 2. The molecule has 2 rings (SSSR count). The third-order valence-corrected chi connectivity index (χ3v) is 4.25. The number of rotatable bonds is 7. The lowest BCUT2D eigenvalue weighted by Crippen LogP contribution is -2.29. The SMILES string of the molecule is Cc1ccc(NC(=S)NCCCO[C@H](C)c2ccccc2)cc1C. The summed E-state index contributed by atoms with van der Waals surface area (Å²) in [6, 6.07) is 16.5. The van der Waals surface area contributed by atoms with Crippen LogP contribution in [-0.2, 0) is 4.74 Å². The molecular formula is C20H26N2OS. The third kappa shape index (κ3) is 5.95. The highest BCUT2D eigenvalue weighted by molar-refractivity contribution is 7.80. The van der Waals surface area contributed by atoms with Crippen LogP contribution in [0.5, 0.6) is 0 Å². The monoisotopic (exact) mass is 342 g/mol. The highest BCUT2D eigenvalue weighted by atomic mass is 32.1. The van der Waals surface area contributed by atoms with Gasteiger partial charge in [0.25, 0.3) is 0 Å². The molecule has 2 N–H and O–H groups in total. The van der Waals surface area contributed by atoms with Gasteiger partial charge >= 0.3 is 0 Å². The Kier molecular flexibility index (Phi) is 7.22. The molecule has 3 nitrogen and oxygen atoms in total. The molecule has 0 unspecified atom stereocenters. The molecule has 2 aromatic carbocycles. The van der Waals surface area contributed by atoms with E-state index in [4.69, 9.17) is 17.0 Å². The van der Waals surface area contributed by atoms with Gasteiger partial charge in [0.2, 0.25) is 0 Å². The molecule has 0 radical (unpaired) electrons. The Bertz CT molecular complexity index is 658. The Hall–Kier alpha value is -1.91. The van der Waals surface area contributed by atoms with Crippen molar-refractivity contribution in [3.05, 3.63) is 65.2 Å². The molecule has 2 aromatic rings. The van der Waals surface area contributed by atoms with Crippen molar-refractivity contribution in [3.63, 3.8) is 0 Å². The number of aryl methyl sites for hydroxylation is 2.